The Morgan fingerprint density at radius 3 is 2.83 bits per heavy atom. The number of benzene rings is 1. The molecule has 1 aromatic carbocycles. The van der Waals surface area contributed by atoms with Crippen molar-refractivity contribution >= 4 is 11.0 Å². The first kappa shape index (κ1) is 11.5. The van der Waals surface area contributed by atoms with E-state index in [-0.39, 0.29) is 5.69 Å². The summed E-state index contributed by atoms with van der Waals surface area (Å²) in [7, 11) is 1.82. The second kappa shape index (κ2) is 4.59. The highest BCUT2D eigenvalue weighted by molar-refractivity contribution is 5.78. The molecule has 2 aromatic rings. The maximum atomic E-state index is 11.7. The van der Waals surface area contributed by atoms with Gasteiger partial charge in [-0.3, -0.25) is 9.47 Å². The van der Waals surface area contributed by atoms with Gasteiger partial charge in [-0.15, -0.1) is 0 Å². The fourth-order valence-electron chi connectivity index (χ4n) is 2.63. The summed E-state index contributed by atoms with van der Waals surface area (Å²) in [6.45, 7) is 5.12. The molecule has 5 nitrogen and oxygen atoms in total. The lowest BCUT2D eigenvalue weighted by molar-refractivity contribution is 0.234. The van der Waals surface area contributed by atoms with Crippen LogP contribution in [0.15, 0.2) is 23.0 Å². The molecule has 0 spiro atoms. The van der Waals surface area contributed by atoms with Gasteiger partial charge < -0.3 is 10.3 Å². The summed E-state index contributed by atoms with van der Waals surface area (Å²) in [4.78, 5) is 17.0. The monoisotopic (exact) mass is 246 g/mol. The van der Waals surface area contributed by atoms with Crippen LogP contribution in [0.25, 0.3) is 11.0 Å². The van der Waals surface area contributed by atoms with E-state index in [4.69, 9.17) is 0 Å². The number of nitrogens with one attached hydrogen (secondary N) is 2. The molecule has 18 heavy (non-hydrogen) atoms. The lowest BCUT2D eigenvalue weighted by Gasteiger charge is -2.27. The van der Waals surface area contributed by atoms with Crippen molar-refractivity contribution < 1.29 is 0 Å². The van der Waals surface area contributed by atoms with Crippen molar-refractivity contribution in [2.45, 2.75) is 6.54 Å². The van der Waals surface area contributed by atoms with Gasteiger partial charge in [-0.1, -0.05) is 12.1 Å². The number of aromatic amines is 1. The van der Waals surface area contributed by atoms with E-state index >= 15 is 0 Å². The first-order chi connectivity index (χ1) is 8.75. The SMILES string of the molecule is Cn1c(=O)[nH]c2cccc(CN3CCNCC3)c21. The molecule has 0 radical (unpaired) electrons. The number of piperazine rings is 1. The topological polar surface area (TPSA) is 53.1 Å². The summed E-state index contributed by atoms with van der Waals surface area (Å²) in [5, 5.41) is 3.35. The number of hydrogen-bond acceptors (Lipinski definition) is 3. The summed E-state index contributed by atoms with van der Waals surface area (Å²) in [5.41, 5.74) is 3.13. The minimum absolute atomic E-state index is 0.0437. The van der Waals surface area contributed by atoms with E-state index in [9.17, 15) is 4.79 Å². The zero-order chi connectivity index (χ0) is 12.5. The lowest BCUT2D eigenvalue weighted by Crippen LogP contribution is -2.42. The van der Waals surface area contributed by atoms with Crippen molar-refractivity contribution in [2.75, 3.05) is 26.2 Å². The molecular formula is C13H18N4O. The van der Waals surface area contributed by atoms with Crippen LogP contribution in [0, 0.1) is 0 Å². The van der Waals surface area contributed by atoms with E-state index in [0.29, 0.717) is 0 Å². The van der Waals surface area contributed by atoms with Crippen LogP contribution in [0.2, 0.25) is 0 Å². The molecular weight excluding hydrogens is 228 g/mol. The third-order valence-electron chi connectivity index (χ3n) is 3.60. The summed E-state index contributed by atoms with van der Waals surface area (Å²) in [6.07, 6.45) is 0. The van der Waals surface area contributed by atoms with Crippen LogP contribution in [-0.2, 0) is 13.6 Å². The minimum atomic E-state index is -0.0437. The number of imidazole rings is 1. The van der Waals surface area contributed by atoms with Crippen molar-refractivity contribution in [3.05, 3.63) is 34.2 Å². The summed E-state index contributed by atoms with van der Waals surface area (Å²) in [6, 6.07) is 6.07. The van der Waals surface area contributed by atoms with Crippen molar-refractivity contribution in [3.8, 4) is 0 Å². The van der Waals surface area contributed by atoms with Gasteiger partial charge in [0.2, 0.25) is 0 Å². The number of nitrogens with zero attached hydrogens (tertiary/aromatic N) is 2. The van der Waals surface area contributed by atoms with Crippen molar-refractivity contribution in [3.63, 3.8) is 0 Å². The van der Waals surface area contributed by atoms with Crippen LogP contribution in [0.5, 0.6) is 0 Å². The van der Waals surface area contributed by atoms with Gasteiger partial charge >= 0.3 is 5.69 Å². The molecule has 0 atom stereocenters. The Hall–Kier alpha value is -1.59. The largest absolute Gasteiger partial charge is 0.326 e. The molecule has 1 fully saturated rings. The third-order valence-corrected chi connectivity index (χ3v) is 3.60. The highest BCUT2D eigenvalue weighted by atomic mass is 16.1. The van der Waals surface area contributed by atoms with Gasteiger partial charge in [0, 0.05) is 39.8 Å². The Morgan fingerprint density at radius 2 is 2.06 bits per heavy atom. The summed E-state index contributed by atoms with van der Waals surface area (Å²) in [5.74, 6) is 0. The van der Waals surface area contributed by atoms with E-state index in [1.54, 1.807) is 4.57 Å². The van der Waals surface area contributed by atoms with Gasteiger partial charge in [0.1, 0.15) is 0 Å². The molecule has 1 aromatic heterocycles. The first-order valence-corrected chi connectivity index (χ1v) is 6.35. The molecule has 5 heteroatoms. The van der Waals surface area contributed by atoms with E-state index in [1.807, 2.05) is 19.2 Å². The van der Waals surface area contributed by atoms with Crippen LogP contribution in [0.3, 0.4) is 0 Å². The fraction of sp³-hybridized carbons (Fsp3) is 0.462. The highest BCUT2D eigenvalue weighted by Gasteiger charge is 2.13. The van der Waals surface area contributed by atoms with E-state index < -0.39 is 0 Å². The van der Waals surface area contributed by atoms with Crippen LogP contribution in [0.1, 0.15) is 5.56 Å². The number of aromatic nitrogens is 2. The van der Waals surface area contributed by atoms with Crippen molar-refractivity contribution in [1.29, 1.82) is 0 Å². The molecule has 3 rings (SSSR count). The zero-order valence-electron chi connectivity index (χ0n) is 10.6. The number of hydrogen-bond donors (Lipinski definition) is 2. The second-order valence-corrected chi connectivity index (χ2v) is 4.83. The number of rotatable bonds is 2. The number of H-pyrrole nitrogens is 1. The van der Waals surface area contributed by atoms with Crippen LogP contribution in [-0.4, -0.2) is 40.6 Å². The molecule has 0 aliphatic carbocycles. The smallest absolute Gasteiger partial charge is 0.314 e. The van der Waals surface area contributed by atoms with E-state index in [1.165, 1.54) is 5.56 Å². The third kappa shape index (κ3) is 1.95. The molecule has 2 heterocycles. The number of para-hydroxylation sites is 1. The highest BCUT2D eigenvalue weighted by Crippen LogP contribution is 2.17. The van der Waals surface area contributed by atoms with E-state index in [0.717, 1.165) is 43.8 Å². The van der Waals surface area contributed by atoms with Gasteiger partial charge in [-0.2, -0.15) is 0 Å². The standard InChI is InChI=1S/C13H18N4O/c1-16-12-10(9-17-7-5-14-6-8-17)3-2-4-11(12)15-13(16)18/h2-4,14H,5-9H2,1H3,(H,15,18). The molecule has 1 aliphatic rings. The molecule has 0 bridgehead atoms. The fourth-order valence-corrected chi connectivity index (χ4v) is 2.63. The molecule has 96 valence electrons. The minimum Gasteiger partial charge on any atom is -0.314 e. The molecule has 1 saturated heterocycles. The van der Waals surface area contributed by atoms with Crippen molar-refractivity contribution in [2.24, 2.45) is 7.05 Å². The number of aryl methyl sites for hydroxylation is 1. The maximum Gasteiger partial charge on any atom is 0.326 e. The second-order valence-electron chi connectivity index (χ2n) is 4.83. The predicted octanol–water partition coefficient (Wildman–Crippen LogP) is 0.272. The van der Waals surface area contributed by atoms with Gasteiger partial charge in [0.05, 0.1) is 11.0 Å². The lowest BCUT2D eigenvalue weighted by atomic mass is 10.1. The van der Waals surface area contributed by atoms with Gasteiger partial charge in [-0.25, -0.2) is 4.79 Å². The van der Waals surface area contributed by atoms with Crippen LogP contribution < -0.4 is 11.0 Å². The van der Waals surface area contributed by atoms with Gasteiger partial charge in [-0.05, 0) is 11.6 Å². The molecule has 0 unspecified atom stereocenters. The summed E-state index contributed by atoms with van der Waals surface area (Å²) >= 11 is 0. The normalized spacial score (nSPS) is 17.4. The quantitative estimate of drug-likeness (QED) is 0.800. The van der Waals surface area contributed by atoms with E-state index in [2.05, 4.69) is 21.3 Å². The Labute approximate surface area is 105 Å². The molecule has 0 amide bonds. The number of fused-ring (bicyclic) bond motifs is 1. The Bertz CT molecular complexity index is 607. The van der Waals surface area contributed by atoms with Gasteiger partial charge in [0.25, 0.3) is 0 Å². The molecule has 1 aliphatic heterocycles. The molecule has 0 saturated carbocycles. The Kier molecular flexibility index (Phi) is 2.93. The Balaban J connectivity index is 1.98. The van der Waals surface area contributed by atoms with Gasteiger partial charge in [0.15, 0.2) is 0 Å². The Morgan fingerprint density at radius 1 is 1.28 bits per heavy atom. The maximum absolute atomic E-state index is 11.7. The average molecular weight is 246 g/mol. The summed E-state index contributed by atoms with van der Waals surface area (Å²) < 4.78 is 1.70. The first-order valence-electron chi connectivity index (χ1n) is 6.35. The zero-order valence-corrected chi connectivity index (χ0v) is 10.6. The average Bonchev–Trinajstić information content (AvgIpc) is 2.67. The predicted molar refractivity (Wildman–Crippen MR) is 71.7 cm³/mol. The van der Waals surface area contributed by atoms with Crippen LogP contribution >= 0.6 is 0 Å². The molecule has 2 N–H and O–H groups in total. The van der Waals surface area contributed by atoms with Crippen molar-refractivity contribution in [1.82, 2.24) is 19.8 Å². The van der Waals surface area contributed by atoms with Crippen LogP contribution in [0.4, 0.5) is 0 Å².